The van der Waals surface area contributed by atoms with E-state index in [4.69, 9.17) is 0 Å². The lowest BCUT2D eigenvalue weighted by molar-refractivity contribution is -0.116. The molecule has 2 aromatic rings. The van der Waals surface area contributed by atoms with E-state index >= 15 is 0 Å². The average molecular weight is 283 g/mol. The van der Waals surface area contributed by atoms with E-state index in [9.17, 15) is 14.0 Å². The predicted octanol–water partition coefficient (Wildman–Crippen LogP) is 3.25. The fraction of sp³-hybridized carbons (Fsp3) is 0.176. The molecule has 0 aliphatic carbocycles. The highest BCUT2D eigenvalue weighted by molar-refractivity contribution is 6.10. The van der Waals surface area contributed by atoms with Crippen molar-refractivity contribution in [3.8, 4) is 0 Å². The number of rotatable bonds is 2. The lowest BCUT2D eigenvalue weighted by Crippen LogP contribution is -2.20. The van der Waals surface area contributed by atoms with Gasteiger partial charge in [0.15, 0.2) is 5.78 Å². The number of carbonyl (C=O) groups excluding carboxylic acids is 2. The van der Waals surface area contributed by atoms with Crippen LogP contribution < -0.4 is 5.32 Å². The fourth-order valence-corrected chi connectivity index (χ4v) is 2.52. The number of benzene rings is 2. The van der Waals surface area contributed by atoms with E-state index in [0.717, 1.165) is 11.1 Å². The topological polar surface area (TPSA) is 46.2 Å². The van der Waals surface area contributed by atoms with Crippen LogP contribution in [0, 0.1) is 12.7 Å². The lowest BCUT2D eigenvalue weighted by Gasteiger charge is -2.18. The number of amides is 1. The largest absolute Gasteiger partial charge is 0.326 e. The van der Waals surface area contributed by atoms with Gasteiger partial charge in [0.25, 0.3) is 0 Å². The lowest BCUT2D eigenvalue weighted by atomic mass is 9.95. The second-order valence-electron chi connectivity index (χ2n) is 5.24. The summed E-state index contributed by atoms with van der Waals surface area (Å²) < 4.78 is 14.2. The van der Waals surface area contributed by atoms with Crippen LogP contribution in [-0.4, -0.2) is 11.7 Å². The predicted molar refractivity (Wildman–Crippen MR) is 78.0 cm³/mol. The van der Waals surface area contributed by atoms with Crippen LogP contribution in [-0.2, 0) is 11.2 Å². The van der Waals surface area contributed by atoms with Gasteiger partial charge in [-0.15, -0.1) is 0 Å². The minimum Gasteiger partial charge on any atom is -0.326 e. The number of carbonyl (C=O) groups is 2. The van der Waals surface area contributed by atoms with Crippen LogP contribution in [0.25, 0.3) is 0 Å². The molecule has 0 radical (unpaired) electrons. The van der Waals surface area contributed by atoms with E-state index in [1.165, 1.54) is 6.07 Å². The molecule has 0 unspecified atom stereocenters. The Kier molecular flexibility index (Phi) is 3.29. The molecule has 0 saturated carbocycles. The Morgan fingerprint density at radius 1 is 1.19 bits per heavy atom. The summed E-state index contributed by atoms with van der Waals surface area (Å²) in [6.45, 7) is 1.88. The number of fused-ring (bicyclic) bond motifs is 1. The summed E-state index contributed by atoms with van der Waals surface area (Å²) in [6.07, 6.45) is 0.881. The zero-order valence-electron chi connectivity index (χ0n) is 11.6. The van der Waals surface area contributed by atoms with E-state index in [2.05, 4.69) is 5.32 Å². The maximum absolute atomic E-state index is 14.2. The summed E-state index contributed by atoms with van der Waals surface area (Å²) in [7, 11) is 0. The highest BCUT2D eigenvalue weighted by atomic mass is 19.1. The number of nitrogens with one attached hydrogen (secondary N) is 1. The van der Waals surface area contributed by atoms with E-state index in [-0.39, 0.29) is 17.3 Å². The van der Waals surface area contributed by atoms with Gasteiger partial charge in [0.1, 0.15) is 5.82 Å². The summed E-state index contributed by atoms with van der Waals surface area (Å²) in [4.78, 5) is 23.8. The second-order valence-corrected chi connectivity index (χ2v) is 5.24. The van der Waals surface area contributed by atoms with Gasteiger partial charge in [-0.2, -0.15) is 0 Å². The van der Waals surface area contributed by atoms with Gasteiger partial charge in [-0.25, -0.2) is 4.39 Å². The minimum atomic E-state index is -0.609. The first kappa shape index (κ1) is 13.5. The minimum absolute atomic E-state index is 0.0514. The molecule has 106 valence electrons. The van der Waals surface area contributed by atoms with Crippen molar-refractivity contribution < 1.29 is 14.0 Å². The Morgan fingerprint density at radius 3 is 2.76 bits per heavy atom. The molecule has 0 spiro atoms. The SMILES string of the molecule is Cc1cccc(C(=O)c2cc3c(cc2F)NC(=O)CC3)c1. The van der Waals surface area contributed by atoms with E-state index in [1.54, 1.807) is 24.3 Å². The molecule has 3 rings (SSSR count). The van der Waals surface area contributed by atoms with Crippen molar-refractivity contribution in [1.82, 2.24) is 0 Å². The van der Waals surface area contributed by atoms with Crippen LogP contribution in [0.2, 0.25) is 0 Å². The van der Waals surface area contributed by atoms with Crippen molar-refractivity contribution in [2.45, 2.75) is 19.8 Å². The quantitative estimate of drug-likeness (QED) is 0.860. The van der Waals surface area contributed by atoms with Gasteiger partial charge in [0.2, 0.25) is 5.91 Å². The van der Waals surface area contributed by atoms with Crippen LogP contribution in [0.5, 0.6) is 0 Å². The summed E-state index contributed by atoms with van der Waals surface area (Å²) in [5, 5.41) is 2.63. The number of hydrogen-bond donors (Lipinski definition) is 1. The molecule has 1 heterocycles. The van der Waals surface area contributed by atoms with Crippen LogP contribution in [0.15, 0.2) is 36.4 Å². The Balaban J connectivity index is 2.03. The molecule has 4 heteroatoms. The van der Waals surface area contributed by atoms with Crippen LogP contribution in [0.3, 0.4) is 0 Å². The summed E-state index contributed by atoms with van der Waals surface area (Å²) in [5.74, 6) is -1.07. The van der Waals surface area contributed by atoms with Gasteiger partial charge in [-0.1, -0.05) is 23.8 Å². The average Bonchev–Trinajstić information content (AvgIpc) is 2.45. The van der Waals surface area contributed by atoms with Crippen molar-refractivity contribution in [2.24, 2.45) is 0 Å². The molecule has 1 N–H and O–H groups in total. The van der Waals surface area contributed by atoms with Gasteiger partial charge in [-0.05, 0) is 37.1 Å². The standard InChI is InChI=1S/C17H14FNO2/c1-10-3-2-4-12(7-10)17(21)13-8-11-5-6-16(20)19-15(11)9-14(13)18/h2-4,7-9H,5-6H2,1H3,(H,19,20). The number of aryl methyl sites for hydroxylation is 2. The van der Waals surface area contributed by atoms with Crippen molar-refractivity contribution in [1.29, 1.82) is 0 Å². The number of hydrogen-bond acceptors (Lipinski definition) is 2. The zero-order valence-corrected chi connectivity index (χ0v) is 11.6. The molecule has 1 aliphatic heterocycles. The number of ketones is 1. The van der Waals surface area contributed by atoms with Crippen LogP contribution >= 0.6 is 0 Å². The van der Waals surface area contributed by atoms with Gasteiger partial charge >= 0.3 is 0 Å². The van der Waals surface area contributed by atoms with E-state index < -0.39 is 5.82 Å². The molecule has 1 amide bonds. The smallest absolute Gasteiger partial charge is 0.224 e. The van der Waals surface area contributed by atoms with Crippen molar-refractivity contribution in [3.05, 3.63) is 64.5 Å². The summed E-state index contributed by atoms with van der Waals surface area (Å²) >= 11 is 0. The normalized spacial score (nSPS) is 13.5. The molecule has 0 fully saturated rings. The maximum Gasteiger partial charge on any atom is 0.224 e. The molecular weight excluding hydrogens is 269 g/mol. The highest BCUT2D eigenvalue weighted by Gasteiger charge is 2.21. The molecule has 0 aromatic heterocycles. The van der Waals surface area contributed by atoms with Gasteiger partial charge in [0.05, 0.1) is 5.56 Å². The first-order valence-corrected chi connectivity index (χ1v) is 6.78. The molecule has 1 aliphatic rings. The number of anilines is 1. The first-order chi connectivity index (χ1) is 10.0. The Hall–Kier alpha value is -2.49. The Morgan fingerprint density at radius 2 is 2.00 bits per heavy atom. The van der Waals surface area contributed by atoms with Gasteiger partial charge in [-0.3, -0.25) is 9.59 Å². The number of halogens is 1. The summed E-state index contributed by atoms with van der Waals surface area (Å²) in [6, 6.07) is 9.86. The van der Waals surface area contributed by atoms with Crippen molar-refractivity contribution >= 4 is 17.4 Å². The van der Waals surface area contributed by atoms with Gasteiger partial charge < -0.3 is 5.32 Å². The molecule has 0 atom stereocenters. The molecule has 2 aromatic carbocycles. The third kappa shape index (κ3) is 2.57. The second kappa shape index (κ2) is 5.13. The third-order valence-electron chi connectivity index (χ3n) is 3.61. The molecule has 0 saturated heterocycles. The maximum atomic E-state index is 14.2. The van der Waals surface area contributed by atoms with Gasteiger partial charge in [0, 0.05) is 17.7 Å². The Labute approximate surface area is 121 Å². The van der Waals surface area contributed by atoms with Crippen molar-refractivity contribution in [3.63, 3.8) is 0 Å². The molecule has 21 heavy (non-hydrogen) atoms. The van der Waals surface area contributed by atoms with Crippen molar-refractivity contribution in [2.75, 3.05) is 5.32 Å². The molecule has 0 bridgehead atoms. The fourth-order valence-electron chi connectivity index (χ4n) is 2.52. The van der Waals surface area contributed by atoms with E-state index in [1.807, 2.05) is 13.0 Å². The third-order valence-corrected chi connectivity index (χ3v) is 3.61. The Bertz CT molecular complexity index is 752. The summed E-state index contributed by atoms with van der Waals surface area (Å²) in [5.41, 5.74) is 2.73. The molecule has 3 nitrogen and oxygen atoms in total. The monoisotopic (exact) mass is 283 g/mol. The first-order valence-electron chi connectivity index (χ1n) is 6.78. The zero-order chi connectivity index (χ0) is 15.0. The van der Waals surface area contributed by atoms with Crippen LogP contribution in [0.4, 0.5) is 10.1 Å². The highest BCUT2D eigenvalue weighted by Crippen LogP contribution is 2.27. The van der Waals surface area contributed by atoms with E-state index in [0.29, 0.717) is 24.1 Å². The van der Waals surface area contributed by atoms with Crippen LogP contribution in [0.1, 0.15) is 33.5 Å². The molecular formula is C17H14FNO2.